The first kappa shape index (κ1) is 23.8. The summed E-state index contributed by atoms with van der Waals surface area (Å²) in [6, 6.07) is 38.7. The van der Waals surface area contributed by atoms with E-state index in [1.165, 1.54) is 55.5 Å². The van der Waals surface area contributed by atoms with Crippen molar-refractivity contribution in [1.82, 2.24) is 9.13 Å². The molecule has 188 valence electrons. The number of hydrogen-bond donors (Lipinski definition) is 0. The molecule has 0 radical (unpaired) electrons. The Morgan fingerprint density at radius 1 is 0.513 bits per heavy atom. The zero-order chi connectivity index (χ0) is 26.1. The maximum absolute atomic E-state index is 8.00. The molecule has 4 aromatic carbocycles. The van der Waals surface area contributed by atoms with Crippen LogP contribution in [0, 0.1) is 0 Å². The van der Waals surface area contributed by atoms with Gasteiger partial charge in [0.15, 0.2) is 0 Å². The second kappa shape index (κ2) is 8.96. The number of rotatable bonds is 4. The zero-order valence-corrected chi connectivity index (χ0v) is 25.0. The Kier molecular flexibility index (Phi) is 5.46. The molecule has 0 saturated carbocycles. The van der Waals surface area contributed by atoms with Crippen LogP contribution in [-0.2, 0) is 17.9 Å². The summed E-state index contributed by atoms with van der Waals surface area (Å²) in [6.45, 7) is 0. The number of benzene rings is 4. The average molecular weight is 623 g/mol. The van der Waals surface area contributed by atoms with Gasteiger partial charge in [-0.15, -0.1) is 0 Å². The van der Waals surface area contributed by atoms with Gasteiger partial charge in [-0.1, -0.05) is 0 Å². The number of halogens is 2. The van der Waals surface area contributed by atoms with E-state index in [-0.39, 0.29) is 7.25 Å². The van der Waals surface area contributed by atoms with Crippen molar-refractivity contribution in [2.75, 3.05) is 0 Å². The standard InChI is InChI=1S/C21H14N.C13H10N.2ClH.Zr/c1-2-8-16-14-17(13-15(16)7-1)22-20-11-5-3-9-18(20)19-10-4-6-12-21(19)22;1-2-6-12-10-13(9-11(12)5-1)14-7-3-4-8-14;;;/h1-14H;1-10H;2*1H;/q;;;;+2/p-2. The number of allylic oxidation sites excluding steroid dienone is 2. The summed E-state index contributed by atoms with van der Waals surface area (Å²) in [5.41, 5.74) is 9.64. The van der Waals surface area contributed by atoms with Crippen LogP contribution in [0.5, 0.6) is 0 Å². The van der Waals surface area contributed by atoms with Gasteiger partial charge in [-0.2, -0.15) is 0 Å². The monoisotopic (exact) mass is 620 g/mol. The van der Waals surface area contributed by atoms with Crippen LogP contribution in [-0.4, -0.2) is 9.13 Å². The zero-order valence-electron chi connectivity index (χ0n) is 21.0. The van der Waals surface area contributed by atoms with Gasteiger partial charge >= 0.3 is 240 Å². The summed E-state index contributed by atoms with van der Waals surface area (Å²) in [5, 5.41) is 2.49. The summed E-state index contributed by atoms with van der Waals surface area (Å²) in [5.74, 6) is 0. The molecule has 0 fully saturated rings. The Labute approximate surface area is 238 Å². The first-order chi connectivity index (χ1) is 19.1. The van der Waals surface area contributed by atoms with Crippen LogP contribution >= 0.6 is 17.0 Å². The molecule has 2 aliphatic carbocycles. The molecule has 2 heterocycles. The number of para-hydroxylation sites is 2. The molecule has 2 aromatic heterocycles. The molecule has 5 heteroatoms. The molecule has 0 spiro atoms. The topological polar surface area (TPSA) is 9.86 Å². The van der Waals surface area contributed by atoms with E-state index in [2.05, 4.69) is 143 Å². The molecular weight excluding hydrogens is 599 g/mol. The van der Waals surface area contributed by atoms with E-state index in [1.54, 1.807) is 0 Å². The molecule has 2 aliphatic rings. The van der Waals surface area contributed by atoms with Gasteiger partial charge in [0.1, 0.15) is 0 Å². The van der Waals surface area contributed by atoms with Crippen LogP contribution in [0.2, 0.25) is 0 Å². The summed E-state index contributed by atoms with van der Waals surface area (Å²) in [7, 11) is 16.0. The Hall–Kier alpha value is -3.10. The molecule has 0 amide bonds. The Morgan fingerprint density at radius 3 is 1.56 bits per heavy atom. The number of aromatic nitrogens is 2. The molecule has 0 saturated heterocycles. The third kappa shape index (κ3) is 3.50. The predicted octanol–water partition coefficient (Wildman–Crippen LogP) is 9.86. The molecule has 2 unspecified atom stereocenters. The molecule has 0 bridgehead atoms. The van der Waals surface area contributed by atoms with Crippen molar-refractivity contribution in [3.05, 3.63) is 144 Å². The van der Waals surface area contributed by atoms with E-state index < -0.39 is 17.9 Å². The molecule has 6 aromatic rings. The van der Waals surface area contributed by atoms with E-state index in [4.69, 9.17) is 17.0 Å². The Bertz CT molecular complexity index is 1910. The second-order valence-corrected chi connectivity index (χ2v) is 25.1. The summed E-state index contributed by atoms with van der Waals surface area (Å²) in [4.78, 5) is 0. The van der Waals surface area contributed by atoms with Gasteiger partial charge in [0.2, 0.25) is 0 Å². The quantitative estimate of drug-likeness (QED) is 0.185. The van der Waals surface area contributed by atoms with Crippen molar-refractivity contribution in [1.29, 1.82) is 0 Å². The first-order valence-electron chi connectivity index (χ1n) is 13.2. The van der Waals surface area contributed by atoms with Crippen LogP contribution in [0.3, 0.4) is 0 Å². The van der Waals surface area contributed by atoms with Crippen LogP contribution < -0.4 is 0 Å². The third-order valence-electron chi connectivity index (χ3n) is 8.32. The first-order valence-corrected chi connectivity index (χ1v) is 22.4. The number of fused-ring (bicyclic) bond motifs is 5. The van der Waals surface area contributed by atoms with E-state index in [0.717, 1.165) is 0 Å². The van der Waals surface area contributed by atoms with Crippen molar-refractivity contribution in [2.24, 2.45) is 0 Å². The van der Waals surface area contributed by atoms with Gasteiger partial charge in [0.25, 0.3) is 0 Å². The molecule has 8 rings (SSSR count). The van der Waals surface area contributed by atoms with Gasteiger partial charge in [-0.3, -0.25) is 0 Å². The maximum atomic E-state index is 8.00. The van der Waals surface area contributed by atoms with Crippen LogP contribution in [0.25, 0.3) is 45.4 Å². The van der Waals surface area contributed by atoms with Crippen molar-refractivity contribution in [3.8, 4) is 0 Å². The SMILES string of the molecule is [Cl][Zr]([Cl])([CH]1C(n2cccc2)=Cc2ccccc21)[CH]1C(n2c3ccccc3c3ccccc32)=Cc2ccccc21. The van der Waals surface area contributed by atoms with Gasteiger partial charge in [-0.05, 0) is 0 Å². The Balaban J connectivity index is 1.39. The van der Waals surface area contributed by atoms with Crippen molar-refractivity contribution in [2.45, 2.75) is 7.25 Å². The predicted molar refractivity (Wildman–Crippen MR) is 162 cm³/mol. The molecular formula is C34H24Cl2N2Zr. The summed E-state index contributed by atoms with van der Waals surface area (Å²) in [6.07, 6.45) is 8.82. The van der Waals surface area contributed by atoms with E-state index in [1.807, 2.05) is 0 Å². The summed E-state index contributed by atoms with van der Waals surface area (Å²) < 4.78 is 4.53. The van der Waals surface area contributed by atoms with E-state index in [0.29, 0.717) is 0 Å². The molecule has 0 aliphatic heterocycles. The van der Waals surface area contributed by atoms with E-state index >= 15 is 0 Å². The fraction of sp³-hybridized carbons (Fsp3) is 0.0588. The molecule has 2 atom stereocenters. The van der Waals surface area contributed by atoms with Crippen molar-refractivity contribution < 1.29 is 17.9 Å². The Morgan fingerprint density at radius 2 is 0.974 bits per heavy atom. The fourth-order valence-corrected chi connectivity index (χ4v) is 19.3. The third-order valence-corrected chi connectivity index (χ3v) is 20.3. The van der Waals surface area contributed by atoms with Gasteiger partial charge in [-0.25, -0.2) is 0 Å². The fourth-order valence-electron chi connectivity index (χ4n) is 6.71. The van der Waals surface area contributed by atoms with Crippen LogP contribution in [0.4, 0.5) is 0 Å². The number of nitrogens with zero attached hydrogens (tertiary/aromatic N) is 2. The van der Waals surface area contributed by atoms with Crippen molar-refractivity contribution in [3.63, 3.8) is 0 Å². The van der Waals surface area contributed by atoms with Crippen LogP contribution in [0.1, 0.15) is 29.5 Å². The molecule has 39 heavy (non-hydrogen) atoms. The second-order valence-electron chi connectivity index (χ2n) is 10.4. The van der Waals surface area contributed by atoms with E-state index in [9.17, 15) is 0 Å². The normalized spacial score (nSPS) is 18.3. The molecule has 0 N–H and O–H groups in total. The summed E-state index contributed by atoms with van der Waals surface area (Å²) >= 11 is -4.21. The average Bonchev–Trinajstić information content (AvgIpc) is 3.75. The molecule has 2 nitrogen and oxygen atoms in total. The van der Waals surface area contributed by atoms with Crippen LogP contribution in [0.15, 0.2) is 122 Å². The van der Waals surface area contributed by atoms with Crippen molar-refractivity contribution >= 4 is 62.4 Å². The number of hydrogen-bond acceptors (Lipinski definition) is 0. The minimum absolute atomic E-state index is 0.0288. The minimum atomic E-state index is -4.21. The van der Waals surface area contributed by atoms with Gasteiger partial charge < -0.3 is 0 Å². The van der Waals surface area contributed by atoms with Gasteiger partial charge in [0, 0.05) is 0 Å². The van der Waals surface area contributed by atoms with Gasteiger partial charge in [0.05, 0.1) is 0 Å².